The molecule has 33 heavy (non-hydrogen) atoms. The first-order valence-electron chi connectivity index (χ1n) is 10.8. The van der Waals surface area contributed by atoms with Gasteiger partial charge in [-0.3, -0.25) is 9.69 Å². The Morgan fingerprint density at radius 1 is 1.09 bits per heavy atom. The Morgan fingerprint density at radius 2 is 1.79 bits per heavy atom. The molecule has 1 fully saturated rings. The summed E-state index contributed by atoms with van der Waals surface area (Å²) in [7, 11) is 1.36. The third-order valence-corrected chi connectivity index (χ3v) is 5.65. The standard InChI is InChI=1S/C24H29F2N3O4/c1-17-15-29(20-7-5-19(6-8-20)23(31)32-2)14-13-28(17)16-22(30)27-12-11-18-3-9-21(10-4-18)33-24(25)26/h3-10,17,24H,11-16H2,1-2H3,(H,27,30). The van der Waals surface area contributed by atoms with Gasteiger partial charge in [0, 0.05) is 37.9 Å². The minimum atomic E-state index is -2.84. The van der Waals surface area contributed by atoms with E-state index in [0.717, 1.165) is 30.9 Å². The van der Waals surface area contributed by atoms with Crippen LogP contribution >= 0.6 is 0 Å². The lowest BCUT2D eigenvalue weighted by Gasteiger charge is -2.40. The Labute approximate surface area is 192 Å². The van der Waals surface area contributed by atoms with Crippen molar-refractivity contribution in [2.45, 2.75) is 26.0 Å². The lowest BCUT2D eigenvalue weighted by molar-refractivity contribution is -0.122. The Hall–Kier alpha value is -3.20. The van der Waals surface area contributed by atoms with Crippen molar-refractivity contribution in [2.24, 2.45) is 0 Å². The van der Waals surface area contributed by atoms with E-state index in [2.05, 4.69) is 26.8 Å². The summed E-state index contributed by atoms with van der Waals surface area (Å²) in [5.41, 5.74) is 2.47. The number of amides is 1. The molecule has 1 unspecified atom stereocenters. The van der Waals surface area contributed by atoms with E-state index in [-0.39, 0.29) is 23.7 Å². The number of carbonyl (C=O) groups is 2. The van der Waals surface area contributed by atoms with Crippen molar-refractivity contribution in [3.63, 3.8) is 0 Å². The smallest absolute Gasteiger partial charge is 0.387 e. The van der Waals surface area contributed by atoms with Gasteiger partial charge in [-0.15, -0.1) is 0 Å². The number of nitrogens with zero attached hydrogens (tertiary/aromatic N) is 2. The highest BCUT2D eigenvalue weighted by Crippen LogP contribution is 2.20. The number of esters is 1. The van der Waals surface area contributed by atoms with E-state index in [1.807, 2.05) is 12.1 Å². The summed E-state index contributed by atoms with van der Waals surface area (Å²) in [6.45, 7) is 2.34. The monoisotopic (exact) mass is 461 g/mol. The average Bonchev–Trinajstić information content (AvgIpc) is 2.81. The summed E-state index contributed by atoms with van der Waals surface area (Å²) < 4.78 is 33.5. The van der Waals surface area contributed by atoms with E-state index in [0.29, 0.717) is 25.1 Å². The van der Waals surface area contributed by atoms with Crippen molar-refractivity contribution < 1.29 is 27.8 Å². The van der Waals surface area contributed by atoms with Gasteiger partial charge in [-0.05, 0) is 55.3 Å². The molecule has 0 aromatic heterocycles. The third kappa shape index (κ3) is 7.15. The number of carbonyl (C=O) groups excluding carboxylic acids is 2. The van der Waals surface area contributed by atoms with Crippen molar-refractivity contribution in [3.8, 4) is 5.75 Å². The van der Waals surface area contributed by atoms with Crippen LogP contribution in [0.2, 0.25) is 0 Å². The van der Waals surface area contributed by atoms with Gasteiger partial charge in [-0.2, -0.15) is 8.78 Å². The summed E-state index contributed by atoms with van der Waals surface area (Å²) >= 11 is 0. The fourth-order valence-electron chi connectivity index (χ4n) is 3.82. The molecule has 1 atom stereocenters. The van der Waals surface area contributed by atoms with Crippen molar-refractivity contribution in [1.82, 2.24) is 10.2 Å². The minimum Gasteiger partial charge on any atom is -0.465 e. The van der Waals surface area contributed by atoms with E-state index in [4.69, 9.17) is 4.74 Å². The summed E-state index contributed by atoms with van der Waals surface area (Å²) in [4.78, 5) is 28.4. The van der Waals surface area contributed by atoms with Crippen LogP contribution in [0.1, 0.15) is 22.8 Å². The summed E-state index contributed by atoms with van der Waals surface area (Å²) in [5.74, 6) is -0.288. The predicted molar refractivity (Wildman–Crippen MR) is 121 cm³/mol. The molecule has 0 radical (unpaired) electrons. The van der Waals surface area contributed by atoms with Crippen LogP contribution in [0, 0.1) is 0 Å². The van der Waals surface area contributed by atoms with Gasteiger partial charge in [0.25, 0.3) is 0 Å². The Morgan fingerprint density at radius 3 is 2.39 bits per heavy atom. The Kier molecular flexibility index (Phi) is 8.59. The molecule has 2 aromatic rings. The summed E-state index contributed by atoms with van der Waals surface area (Å²) in [6.07, 6.45) is 0.603. The van der Waals surface area contributed by atoms with Gasteiger partial charge in [-0.1, -0.05) is 12.1 Å². The number of halogens is 2. The number of ether oxygens (including phenoxy) is 2. The van der Waals surface area contributed by atoms with Crippen LogP contribution in [0.4, 0.5) is 14.5 Å². The van der Waals surface area contributed by atoms with Gasteiger partial charge in [0.05, 0.1) is 19.2 Å². The second kappa shape index (κ2) is 11.6. The third-order valence-electron chi connectivity index (χ3n) is 5.65. The van der Waals surface area contributed by atoms with E-state index < -0.39 is 6.61 Å². The molecule has 7 nitrogen and oxygen atoms in total. The lowest BCUT2D eigenvalue weighted by atomic mass is 10.1. The molecule has 1 saturated heterocycles. The van der Waals surface area contributed by atoms with Crippen LogP contribution in [-0.2, 0) is 16.0 Å². The first-order chi connectivity index (χ1) is 15.9. The molecule has 0 aliphatic carbocycles. The maximum Gasteiger partial charge on any atom is 0.387 e. The van der Waals surface area contributed by atoms with Crippen molar-refractivity contribution in [1.29, 1.82) is 0 Å². The molecule has 1 amide bonds. The molecule has 1 N–H and O–H groups in total. The van der Waals surface area contributed by atoms with Crippen LogP contribution in [-0.4, -0.2) is 69.3 Å². The second-order valence-corrected chi connectivity index (χ2v) is 7.93. The average molecular weight is 462 g/mol. The molecule has 0 saturated carbocycles. The minimum absolute atomic E-state index is 0.0459. The lowest BCUT2D eigenvalue weighted by Crippen LogP contribution is -2.54. The van der Waals surface area contributed by atoms with Crippen LogP contribution in [0.5, 0.6) is 5.75 Å². The molecule has 2 aromatic carbocycles. The van der Waals surface area contributed by atoms with Crippen LogP contribution in [0.15, 0.2) is 48.5 Å². The van der Waals surface area contributed by atoms with E-state index >= 15 is 0 Å². The molecule has 3 rings (SSSR count). The van der Waals surface area contributed by atoms with E-state index in [9.17, 15) is 18.4 Å². The molecule has 178 valence electrons. The van der Waals surface area contributed by atoms with Gasteiger partial charge >= 0.3 is 12.6 Å². The number of piperazine rings is 1. The molecule has 1 aliphatic heterocycles. The largest absolute Gasteiger partial charge is 0.465 e. The first-order valence-corrected chi connectivity index (χ1v) is 10.8. The van der Waals surface area contributed by atoms with Gasteiger partial charge in [0.15, 0.2) is 0 Å². The quantitative estimate of drug-likeness (QED) is 0.579. The SMILES string of the molecule is COC(=O)c1ccc(N2CCN(CC(=O)NCCc3ccc(OC(F)F)cc3)C(C)C2)cc1. The number of benzene rings is 2. The number of hydrogen-bond acceptors (Lipinski definition) is 6. The highest BCUT2D eigenvalue weighted by atomic mass is 19.3. The fourth-order valence-corrected chi connectivity index (χ4v) is 3.82. The van der Waals surface area contributed by atoms with Crippen LogP contribution in [0.25, 0.3) is 0 Å². The second-order valence-electron chi connectivity index (χ2n) is 7.93. The maximum atomic E-state index is 12.4. The van der Waals surface area contributed by atoms with Crippen LogP contribution in [0.3, 0.4) is 0 Å². The van der Waals surface area contributed by atoms with Crippen molar-refractivity contribution in [2.75, 3.05) is 44.7 Å². The zero-order valence-corrected chi connectivity index (χ0v) is 18.8. The number of hydrogen-bond donors (Lipinski definition) is 1. The number of methoxy groups -OCH3 is 1. The topological polar surface area (TPSA) is 71.1 Å². The van der Waals surface area contributed by atoms with Gasteiger partial charge in [0.1, 0.15) is 5.75 Å². The van der Waals surface area contributed by atoms with Crippen molar-refractivity contribution in [3.05, 3.63) is 59.7 Å². The zero-order valence-electron chi connectivity index (χ0n) is 18.8. The molecule has 0 bridgehead atoms. The fraction of sp³-hybridized carbons (Fsp3) is 0.417. The molecule has 1 aliphatic rings. The Balaban J connectivity index is 1.41. The molecule has 1 heterocycles. The molecular weight excluding hydrogens is 432 g/mol. The number of rotatable bonds is 9. The Bertz CT molecular complexity index is 922. The van der Waals surface area contributed by atoms with Crippen molar-refractivity contribution >= 4 is 17.6 Å². The molecule has 9 heteroatoms. The normalized spacial score (nSPS) is 16.5. The maximum absolute atomic E-state index is 12.4. The molecular formula is C24H29F2N3O4. The first kappa shape index (κ1) is 24.4. The van der Waals surface area contributed by atoms with E-state index in [1.54, 1.807) is 24.3 Å². The predicted octanol–water partition coefficient (Wildman–Crippen LogP) is 2.94. The summed E-state index contributed by atoms with van der Waals surface area (Å²) in [6, 6.07) is 13.9. The van der Waals surface area contributed by atoms with Gasteiger partial charge in [0.2, 0.25) is 5.91 Å². The number of alkyl halides is 2. The highest BCUT2D eigenvalue weighted by molar-refractivity contribution is 5.89. The van der Waals surface area contributed by atoms with Gasteiger partial charge in [-0.25, -0.2) is 4.79 Å². The number of nitrogens with one attached hydrogen (secondary N) is 1. The number of anilines is 1. The summed E-state index contributed by atoms with van der Waals surface area (Å²) in [5, 5.41) is 2.92. The highest BCUT2D eigenvalue weighted by Gasteiger charge is 2.25. The molecule has 0 spiro atoms. The zero-order chi connectivity index (χ0) is 23.8. The van der Waals surface area contributed by atoms with Gasteiger partial charge < -0.3 is 19.7 Å². The van der Waals surface area contributed by atoms with Crippen LogP contribution < -0.4 is 15.0 Å². The van der Waals surface area contributed by atoms with E-state index in [1.165, 1.54) is 19.2 Å².